The van der Waals surface area contributed by atoms with Crippen molar-refractivity contribution in [3.8, 4) is 0 Å². The number of nitrogens with zero attached hydrogens (tertiary/aromatic N) is 2. The Bertz CT molecular complexity index is 414. The molecule has 0 aliphatic heterocycles. The van der Waals surface area contributed by atoms with E-state index < -0.39 is 9.84 Å². The van der Waals surface area contributed by atoms with E-state index in [1.807, 2.05) is 0 Å². The van der Waals surface area contributed by atoms with Gasteiger partial charge < -0.3 is 5.73 Å². The second kappa shape index (κ2) is 3.39. The molecule has 0 amide bonds. The lowest BCUT2D eigenvalue weighted by Gasteiger charge is -2.01. The van der Waals surface area contributed by atoms with Crippen LogP contribution in [0, 0.1) is 6.92 Å². The van der Waals surface area contributed by atoms with Crippen LogP contribution >= 0.6 is 0 Å². The minimum Gasteiger partial charge on any atom is -0.325 e. The van der Waals surface area contributed by atoms with Gasteiger partial charge in [-0.2, -0.15) is 0 Å². The summed E-state index contributed by atoms with van der Waals surface area (Å²) >= 11 is 0. The molecule has 0 fully saturated rings. The molecule has 0 saturated carbocycles. The van der Waals surface area contributed by atoms with E-state index in [0.717, 1.165) is 6.26 Å². The minimum absolute atomic E-state index is 0.159. The third-order valence-electron chi connectivity index (χ3n) is 1.43. The zero-order valence-electron chi connectivity index (χ0n) is 7.48. The molecule has 13 heavy (non-hydrogen) atoms. The summed E-state index contributed by atoms with van der Waals surface area (Å²) in [4.78, 5) is 7.60. The zero-order valence-corrected chi connectivity index (χ0v) is 8.30. The van der Waals surface area contributed by atoms with Crippen LogP contribution < -0.4 is 5.73 Å². The summed E-state index contributed by atoms with van der Waals surface area (Å²) < 4.78 is 22.2. The first-order chi connectivity index (χ1) is 5.93. The maximum Gasteiger partial charge on any atom is 0.247 e. The molecule has 1 aromatic heterocycles. The minimum atomic E-state index is -3.34. The van der Waals surface area contributed by atoms with Crippen molar-refractivity contribution in [1.29, 1.82) is 0 Å². The Labute approximate surface area is 76.9 Å². The molecule has 1 rings (SSSR count). The van der Waals surface area contributed by atoms with Crippen molar-refractivity contribution >= 4 is 9.84 Å². The molecule has 0 unspecified atom stereocenters. The van der Waals surface area contributed by atoms with Gasteiger partial charge in [-0.15, -0.1) is 0 Å². The highest BCUT2D eigenvalue weighted by atomic mass is 32.2. The third kappa shape index (κ3) is 2.46. The Morgan fingerprint density at radius 3 is 2.54 bits per heavy atom. The number of sulfone groups is 1. The first-order valence-corrected chi connectivity index (χ1v) is 5.57. The van der Waals surface area contributed by atoms with Crippen LogP contribution in [0.4, 0.5) is 0 Å². The lowest BCUT2D eigenvalue weighted by Crippen LogP contribution is -2.09. The van der Waals surface area contributed by atoms with Crippen LogP contribution in [0.15, 0.2) is 11.2 Å². The molecule has 0 bridgehead atoms. The fraction of sp³-hybridized carbons (Fsp3) is 0.429. The molecule has 1 heterocycles. The van der Waals surface area contributed by atoms with Crippen molar-refractivity contribution in [2.75, 3.05) is 6.26 Å². The van der Waals surface area contributed by atoms with Gasteiger partial charge in [0.1, 0.15) is 0 Å². The molecular weight excluding hydrogens is 190 g/mol. The van der Waals surface area contributed by atoms with E-state index in [4.69, 9.17) is 5.73 Å². The molecule has 0 saturated heterocycles. The number of hydrogen-bond donors (Lipinski definition) is 1. The van der Waals surface area contributed by atoms with Gasteiger partial charge in [0.2, 0.25) is 15.0 Å². The second-order valence-electron chi connectivity index (χ2n) is 2.76. The number of nitrogens with two attached hydrogens (primary N) is 1. The molecule has 5 nitrogen and oxygen atoms in total. The summed E-state index contributed by atoms with van der Waals surface area (Å²) in [5.74, 6) is 0. The lowest BCUT2D eigenvalue weighted by atomic mass is 10.3. The van der Waals surface area contributed by atoms with E-state index >= 15 is 0 Å². The highest BCUT2D eigenvalue weighted by Gasteiger charge is 2.11. The van der Waals surface area contributed by atoms with E-state index in [0.29, 0.717) is 11.4 Å². The van der Waals surface area contributed by atoms with Gasteiger partial charge >= 0.3 is 0 Å². The first-order valence-electron chi connectivity index (χ1n) is 3.68. The zero-order chi connectivity index (χ0) is 10.1. The molecule has 0 radical (unpaired) electrons. The fourth-order valence-electron chi connectivity index (χ4n) is 0.875. The quantitative estimate of drug-likeness (QED) is 0.661. The van der Waals surface area contributed by atoms with Crippen LogP contribution in [0.1, 0.15) is 11.4 Å². The van der Waals surface area contributed by atoms with Crippen molar-refractivity contribution < 1.29 is 8.42 Å². The van der Waals surface area contributed by atoms with E-state index in [9.17, 15) is 8.42 Å². The molecule has 2 N–H and O–H groups in total. The average Bonchev–Trinajstić information content (AvgIpc) is 2.01. The third-order valence-corrected chi connectivity index (χ3v) is 2.27. The van der Waals surface area contributed by atoms with Crippen LogP contribution in [0.5, 0.6) is 0 Å². The van der Waals surface area contributed by atoms with Crippen LogP contribution in [-0.4, -0.2) is 24.6 Å². The summed E-state index contributed by atoms with van der Waals surface area (Å²) in [5.41, 5.74) is 6.49. The topological polar surface area (TPSA) is 85.9 Å². The summed E-state index contributed by atoms with van der Waals surface area (Å²) in [6, 6.07) is 1.66. The Kier molecular flexibility index (Phi) is 2.63. The van der Waals surface area contributed by atoms with Gasteiger partial charge in [0.25, 0.3) is 0 Å². The number of aryl methyl sites for hydroxylation is 1. The Hall–Kier alpha value is -1.01. The predicted octanol–water partition coefficient (Wildman–Crippen LogP) is -0.353. The Balaban J connectivity index is 3.33. The molecule has 1 aromatic rings. The first kappa shape index (κ1) is 10.1. The van der Waals surface area contributed by atoms with Gasteiger partial charge in [0.15, 0.2) is 0 Å². The maximum absolute atomic E-state index is 11.1. The fourth-order valence-corrected chi connectivity index (χ4v) is 1.47. The van der Waals surface area contributed by atoms with Crippen LogP contribution in [0.3, 0.4) is 0 Å². The van der Waals surface area contributed by atoms with Gasteiger partial charge in [-0.3, -0.25) is 0 Å². The van der Waals surface area contributed by atoms with Crippen LogP contribution in [0.25, 0.3) is 0 Å². The Morgan fingerprint density at radius 1 is 1.46 bits per heavy atom. The highest BCUT2D eigenvalue weighted by Crippen LogP contribution is 2.05. The lowest BCUT2D eigenvalue weighted by molar-refractivity contribution is 0.591. The van der Waals surface area contributed by atoms with Gasteiger partial charge in [-0.05, 0) is 13.0 Å². The molecule has 0 spiro atoms. The van der Waals surface area contributed by atoms with E-state index in [-0.39, 0.29) is 11.7 Å². The molecule has 72 valence electrons. The van der Waals surface area contributed by atoms with Crippen molar-refractivity contribution in [3.05, 3.63) is 17.5 Å². The average molecular weight is 201 g/mol. The van der Waals surface area contributed by atoms with Crippen molar-refractivity contribution in [3.63, 3.8) is 0 Å². The molecular formula is C7H11N3O2S. The normalized spacial score (nSPS) is 11.6. The van der Waals surface area contributed by atoms with Crippen molar-refractivity contribution in [1.82, 2.24) is 9.97 Å². The predicted molar refractivity (Wildman–Crippen MR) is 47.8 cm³/mol. The summed E-state index contributed by atoms with van der Waals surface area (Å²) in [6.07, 6.45) is 1.07. The Morgan fingerprint density at radius 2 is 2.08 bits per heavy atom. The molecule has 6 heteroatoms. The standard InChI is InChI=1S/C7H11N3O2S/c1-5-3-6(4-8)10-7(9-5)13(2,11)12/h3H,4,8H2,1-2H3. The summed E-state index contributed by atoms with van der Waals surface area (Å²) in [7, 11) is -3.34. The maximum atomic E-state index is 11.1. The second-order valence-corrected chi connectivity index (χ2v) is 4.67. The van der Waals surface area contributed by atoms with Gasteiger partial charge in [-0.25, -0.2) is 18.4 Å². The van der Waals surface area contributed by atoms with Gasteiger partial charge in [-0.1, -0.05) is 0 Å². The molecule has 0 atom stereocenters. The van der Waals surface area contributed by atoms with E-state index in [2.05, 4.69) is 9.97 Å². The SMILES string of the molecule is Cc1cc(CN)nc(S(C)(=O)=O)n1. The van der Waals surface area contributed by atoms with Gasteiger partial charge in [0.05, 0.1) is 5.69 Å². The number of rotatable bonds is 2. The monoisotopic (exact) mass is 201 g/mol. The molecule has 0 aromatic carbocycles. The van der Waals surface area contributed by atoms with Crippen LogP contribution in [-0.2, 0) is 16.4 Å². The number of hydrogen-bond acceptors (Lipinski definition) is 5. The van der Waals surface area contributed by atoms with E-state index in [1.165, 1.54) is 0 Å². The smallest absolute Gasteiger partial charge is 0.247 e. The largest absolute Gasteiger partial charge is 0.325 e. The summed E-state index contributed by atoms with van der Waals surface area (Å²) in [6.45, 7) is 1.92. The van der Waals surface area contributed by atoms with Crippen LogP contribution in [0.2, 0.25) is 0 Å². The molecule has 0 aliphatic rings. The van der Waals surface area contributed by atoms with Crippen molar-refractivity contribution in [2.45, 2.75) is 18.6 Å². The highest BCUT2D eigenvalue weighted by molar-refractivity contribution is 7.90. The molecule has 0 aliphatic carbocycles. The number of aromatic nitrogens is 2. The van der Waals surface area contributed by atoms with Gasteiger partial charge in [0, 0.05) is 18.5 Å². The van der Waals surface area contributed by atoms with E-state index in [1.54, 1.807) is 13.0 Å². The summed E-state index contributed by atoms with van der Waals surface area (Å²) in [5, 5.41) is -0.159. The van der Waals surface area contributed by atoms with Crippen molar-refractivity contribution in [2.24, 2.45) is 5.73 Å².